The van der Waals surface area contributed by atoms with Crippen LogP contribution in [0.4, 0.5) is 0 Å². The third-order valence-corrected chi connectivity index (χ3v) is 4.32. The number of likely N-dealkylation sites (tertiary alicyclic amines) is 1. The Hall–Kier alpha value is -1.88. The van der Waals surface area contributed by atoms with E-state index in [2.05, 4.69) is 5.32 Å². The minimum absolute atomic E-state index is 0.0189. The molecule has 1 fully saturated rings. The van der Waals surface area contributed by atoms with Crippen molar-refractivity contribution in [2.75, 3.05) is 13.1 Å². The van der Waals surface area contributed by atoms with Gasteiger partial charge in [-0.2, -0.15) is 0 Å². The number of hydrogen-bond donors (Lipinski definition) is 2. The Kier molecular flexibility index (Phi) is 5.77. The van der Waals surface area contributed by atoms with Gasteiger partial charge in [0.2, 0.25) is 5.91 Å². The van der Waals surface area contributed by atoms with Gasteiger partial charge in [0.05, 0.1) is 6.10 Å². The lowest BCUT2D eigenvalue weighted by Crippen LogP contribution is -2.54. The summed E-state index contributed by atoms with van der Waals surface area (Å²) in [5, 5.41) is 12.6. The lowest BCUT2D eigenvalue weighted by atomic mass is 9.99. The molecule has 1 saturated heterocycles. The van der Waals surface area contributed by atoms with E-state index in [1.54, 1.807) is 11.0 Å². The van der Waals surface area contributed by atoms with E-state index in [0.29, 0.717) is 18.7 Å². The van der Waals surface area contributed by atoms with E-state index in [4.69, 9.17) is 0 Å². The van der Waals surface area contributed by atoms with Gasteiger partial charge in [0.25, 0.3) is 5.91 Å². The summed E-state index contributed by atoms with van der Waals surface area (Å²) in [5.74, 6) is -0.358. The SMILES string of the molecule is Cc1ccccc1C(=O)NC(C(=O)N1CCCC(O)C1)C(C)C. The Bertz CT molecular complexity index is 571. The molecule has 0 aromatic heterocycles. The Balaban J connectivity index is 2.11. The van der Waals surface area contributed by atoms with E-state index < -0.39 is 12.1 Å². The minimum atomic E-state index is -0.576. The maximum atomic E-state index is 12.7. The Labute approximate surface area is 137 Å². The van der Waals surface area contributed by atoms with Crippen LogP contribution in [0.3, 0.4) is 0 Å². The van der Waals surface area contributed by atoms with Crippen molar-refractivity contribution in [1.29, 1.82) is 0 Å². The van der Waals surface area contributed by atoms with E-state index in [0.717, 1.165) is 18.4 Å². The molecule has 23 heavy (non-hydrogen) atoms. The van der Waals surface area contributed by atoms with Crippen molar-refractivity contribution in [3.05, 3.63) is 35.4 Å². The molecule has 2 unspecified atom stereocenters. The van der Waals surface area contributed by atoms with E-state index >= 15 is 0 Å². The maximum absolute atomic E-state index is 12.7. The summed E-state index contributed by atoms with van der Waals surface area (Å²) in [6, 6.07) is 6.76. The van der Waals surface area contributed by atoms with Gasteiger partial charge >= 0.3 is 0 Å². The highest BCUT2D eigenvalue weighted by molar-refractivity contribution is 5.98. The molecule has 1 aromatic carbocycles. The summed E-state index contributed by atoms with van der Waals surface area (Å²) >= 11 is 0. The summed E-state index contributed by atoms with van der Waals surface area (Å²) < 4.78 is 0. The van der Waals surface area contributed by atoms with Crippen molar-refractivity contribution in [3.63, 3.8) is 0 Å². The van der Waals surface area contributed by atoms with Crippen molar-refractivity contribution in [1.82, 2.24) is 10.2 Å². The second kappa shape index (κ2) is 7.59. The zero-order valence-electron chi connectivity index (χ0n) is 14.1. The first-order valence-electron chi connectivity index (χ1n) is 8.23. The summed E-state index contributed by atoms with van der Waals surface area (Å²) in [5.41, 5.74) is 1.47. The molecule has 2 rings (SSSR count). The van der Waals surface area contributed by atoms with E-state index in [1.165, 1.54) is 0 Å². The Morgan fingerprint density at radius 1 is 1.30 bits per heavy atom. The van der Waals surface area contributed by atoms with Crippen LogP contribution in [-0.2, 0) is 4.79 Å². The van der Waals surface area contributed by atoms with Crippen LogP contribution in [-0.4, -0.2) is 47.1 Å². The van der Waals surface area contributed by atoms with Gasteiger partial charge in [-0.1, -0.05) is 32.0 Å². The number of carbonyl (C=O) groups is 2. The van der Waals surface area contributed by atoms with Gasteiger partial charge in [-0.05, 0) is 37.3 Å². The number of aliphatic hydroxyl groups is 1. The second-order valence-electron chi connectivity index (χ2n) is 6.59. The summed E-state index contributed by atoms with van der Waals surface area (Å²) in [4.78, 5) is 26.9. The van der Waals surface area contributed by atoms with Crippen LogP contribution in [0, 0.1) is 12.8 Å². The summed E-state index contributed by atoms with van der Waals surface area (Å²) in [7, 11) is 0. The quantitative estimate of drug-likeness (QED) is 0.888. The van der Waals surface area contributed by atoms with Crippen molar-refractivity contribution < 1.29 is 14.7 Å². The molecule has 126 valence electrons. The molecule has 1 aliphatic rings. The third-order valence-electron chi connectivity index (χ3n) is 4.32. The minimum Gasteiger partial charge on any atom is -0.391 e. The number of aliphatic hydroxyl groups excluding tert-OH is 1. The molecule has 0 saturated carbocycles. The number of aryl methyl sites for hydroxylation is 1. The summed E-state index contributed by atoms with van der Waals surface area (Å²) in [6.07, 6.45) is 1.06. The van der Waals surface area contributed by atoms with Gasteiger partial charge in [-0.3, -0.25) is 9.59 Å². The molecule has 2 amide bonds. The third kappa shape index (κ3) is 4.32. The first kappa shape index (κ1) is 17.5. The maximum Gasteiger partial charge on any atom is 0.252 e. The molecule has 0 bridgehead atoms. The van der Waals surface area contributed by atoms with Crippen LogP contribution in [0.2, 0.25) is 0 Å². The highest BCUT2D eigenvalue weighted by Crippen LogP contribution is 2.15. The lowest BCUT2D eigenvalue weighted by molar-refractivity contribution is -0.137. The predicted molar refractivity (Wildman–Crippen MR) is 89.1 cm³/mol. The largest absolute Gasteiger partial charge is 0.391 e. The Morgan fingerprint density at radius 2 is 2.00 bits per heavy atom. The van der Waals surface area contributed by atoms with Gasteiger partial charge in [0.1, 0.15) is 6.04 Å². The van der Waals surface area contributed by atoms with Gasteiger partial charge in [0.15, 0.2) is 0 Å². The van der Waals surface area contributed by atoms with Crippen LogP contribution in [0.25, 0.3) is 0 Å². The lowest BCUT2D eigenvalue weighted by Gasteiger charge is -2.34. The molecule has 5 nitrogen and oxygen atoms in total. The molecule has 1 aromatic rings. The van der Waals surface area contributed by atoms with Crippen molar-refractivity contribution >= 4 is 11.8 Å². The molecule has 1 aliphatic heterocycles. The number of benzene rings is 1. The zero-order chi connectivity index (χ0) is 17.0. The number of piperidine rings is 1. The van der Waals surface area contributed by atoms with Crippen molar-refractivity contribution in [2.45, 2.75) is 45.8 Å². The molecule has 5 heteroatoms. The normalized spacial score (nSPS) is 19.5. The first-order valence-corrected chi connectivity index (χ1v) is 8.23. The van der Waals surface area contributed by atoms with Crippen LogP contribution in [0.5, 0.6) is 0 Å². The second-order valence-corrected chi connectivity index (χ2v) is 6.59. The van der Waals surface area contributed by atoms with E-state index in [-0.39, 0.29) is 17.7 Å². The topological polar surface area (TPSA) is 69.6 Å². The average molecular weight is 318 g/mol. The number of carbonyl (C=O) groups excluding carboxylic acids is 2. The van der Waals surface area contributed by atoms with Gasteiger partial charge in [-0.15, -0.1) is 0 Å². The van der Waals surface area contributed by atoms with Gasteiger partial charge < -0.3 is 15.3 Å². The molecular formula is C18H26N2O3. The van der Waals surface area contributed by atoms with Crippen LogP contribution in [0.15, 0.2) is 24.3 Å². The first-order chi connectivity index (χ1) is 10.9. The van der Waals surface area contributed by atoms with E-state index in [9.17, 15) is 14.7 Å². The highest BCUT2D eigenvalue weighted by atomic mass is 16.3. The monoisotopic (exact) mass is 318 g/mol. The number of β-amino-alcohol motifs (C(OH)–C–C–N with tert-alkyl or cyclic N) is 1. The smallest absolute Gasteiger partial charge is 0.252 e. The number of nitrogens with zero attached hydrogens (tertiary/aromatic N) is 1. The van der Waals surface area contributed by atoms with Crippen molar-refractivity contribution in [2.24, 2.45) is 5.92 Å². The fourth-order valence-electron chi connectivity index (χ4n) is 2.91. The van der Waals surface area contributed by atoms with E-state index in [1.807, 2.05) is 39.0 Å². The van der Waals surface area contributed by atoms with Crippen LogP contribution in [0.1, 0.15) is 42.6 Å². The number of rotatable bonds is 4. The van der Waals surface area contributed by atoms with Crippen LogP contribution < -0.4 is 5.32 Å². The number of hydrogen-bond acceptors (Lipinski definition) is 3. The summed E-state index contributed by atoms with van der Waals surface area (Å²) in [6.45, 7) is 6.70. The average Bonchev–Trinajstić information content (AvgIpc) is 2.52. The van der Waals surface area contributed by atoms with Crippen molar-refractivity contribution in [3.8, 4) is 0 Å². The standard InChI is InChI=1S/C18H26N2O3/c1-12(2)16(18(23)20-10-6-8-14(21)11-20)19-17(22)15-9-5-4-7-13(15)3/h4-5,7,9,12,14,16,21H,6,8,10-11H2,1-3H3,(H,19,22). The fraction of sp³-hybridized carbons (Fsp3) is 0.556. The molecule has 0 aliphatic carbocycles. The molecule has 0 radical (unpaired) electrons. The Morgan fingerprint density at radius 3 is 2.61 bits per heavy atom. The van der Waals surface area contributed by atoms with Crippen LogP contribution >= 0.6 is 0 Å². The molecule has 0 spiro atoms. The molecule has 2 N–H and O–H groups in total. The highest BCUT2D eigenvalue weighted by Gasteiger charge is 2.31. The number of amides is 2. The molecule has 2 atom stereocenters. The predicted octanol–water partition coefficient (Wildman–Crippen LogP) is 1.73. The zero-order valence-corrected chi connectivity index (χ0v) is 14.1. The fourth-order valence-corrected chi connectivity index (χ4v) is 2.91. The molecular weight excluding hydrogens is 292 g/mol. The number of nitrogens with one attached hydrogen (secondary N) is 1. The van der Waals surface area contributed by atoms with Gasteiger partial charge in [0, 0.05) is 18.7 Å². The molecule has 1 heterocycles. The van der Waals surface area contributed by atoms with Gasteiger partial charge in [-0.25, -0.2) is 0 Å².